The zero-order valence-electron chi connectivity index (χ0n) is 10.9. The molecule has 1 aromatic heterocycles. The van der Waals surface area contributed by atoms with Crippen molar-refractivity contribution in [1.82, 2.24) is 10.2 Å². The summed E-state index contributed by atoms with van der Waals surface area (Å²) in [5.41, 5.74) is 8.42. The van der Waals surface area contributed by atoms with Gasteiger partial charge in [-0.3, -0.25) is 0 Å². The van der Waals surface area contributed by atoms with Crippen LogP contribution in [0.2, 0.25) is 0 Å². The molecule has 0 fully saturated rings. The van der Waals surface area contributed by atoms with E-state index >= 15 is 0 Å². The van der Waals surface area contributed by atoms with Crippen LogP contribution in [0.25, 0.3) is 0 Å². The number of hydrogen-bond acceptors (Lipinski definition) is 4. The molecule has 0 aliphatic rings. The summed E-state index contributed by atoms with van der Waals surface area (Å²) in [4.78, 5) is 0.368. The Labute approximate surface area is 108 Å². The monoisotopic (exact) mass is 252 g/mol. The molecule has 1 unspecified atom stereocenters. The highest BCUT2D eigenvalue weighted by molar-refractivity contribution is 7.80. The van der Waals surface area contributed by atoms with Gasteiger partial charge < -0.3 is 11.1 Å². The van der Waals surface area contributed by atoms with Crippen molar-refractivity contribution in [2.75, 3.05) is 11.9 Å². The molecule has 0 aromatic carbocycles. The molecular weight excluding hydrogens is 232 g/mol. The summed E-state index contributed by atoms with van der Waals surface area (Å²) in [6, 6.07) is 0. The lowest BCUT2D eigenvalue weighted by molar-refractivity contribution is 0.591. The van der Waals surface area contributed by atoms with Crippen molar-refractivity contribution in [3.05, 3.63) is 16.8 Å². The second kappa shape index (κ2) is 5.91. The van der Waals surface area contributed by atoms with Crippen LogP contribution in [-0.2, 0) is 0 Å². The van der Waals surface area contributed by atoms with Gasteiger partial charge >= 0.3 is 0 Å². The molecule has 4 nitrogen and oxygen atoms in total. The van der Waals surface area contributed by atoms with E-state index in [-0.39, 0.29) is 0 Å². The lowest BCUT2D eigenvalue weighted by Crippen LogP contribution is -2.20. The quantitative estimate of drug-likeness (QED) is 0.786. The third kappa shape index (κ3) is 3.36. The topological polar surface area (TPSA) is 63.8 Å². The number of anilines is 1. The summed E-state index contributed by atoms with van der Waals surface area (Å²) >= 11 is 5.07. The van der Waals surface area contributed by atoms with E-state index in [1.165, 1.54) is 0 Å². The second-order valence-electron chi connectivity index (χ2n) is 4.39. The Morgan fingerprint density at radius 3 is 2.59 bits per heavy atom. The largest absolute Gasteiger partial charge is 0.389 e. The molecule has 3 N–H and O–H groups in total. The lowest BCUT2D eigenvalue weighted by atomic mass is 10.1. The first-order chi connectivity index (χ1) is 7.97. The molecule has 0 saturated heterocycles. The summed E-state index contributed by atoms with van der Waals surface area (Å²) in [5.74, 6) is 1.28. The zero-order chi connectivity index (χ0) is 13.0. The van der Waals surface area contributed by atoms with Gasteiger partial charge in [-0.2, -0.15) is 5.10 Å². The average molecular weight is 252 g/mol. The number of aromatic nitrogens is 2. The van der Waals surface area contributed by atoms with E-state index in [0.717, 1.165) is 29.8 Å². The van der Waals surface area contributed by atoms with Crippen LogP contribution in [0.1, 0.15) is 37.1 Å². The van der Waals surface area contributed by atoms with Crippen LogP contribution in [0.5, 0.6) is 0 Å². The minimum absolute atomic E-state index is 0.368. The van der Waals surface area contributed by atoms with Gasteiger partial charge in [0.05, 0.1) is 11.3 Å². The Bertz CT molecular complexity index is 417. The molecule has 0 spiro atoms. The van der Waals surface area contributed by atoms with E-state index in [0.29, 0.717) is 16.7 Å². The number of hydrogen-bond donors (Lipinski definition) is 2. The molecule has 1 atom stereocenters. The van der Waals surface area contributed by atoms with Crippen LogP contribution >= 0.6 is 12.2 Å². The first kappa shape index (κ1) is 13.8. The van der Waals surface area contributed by atoms with Crippen LogP contribution in [0, 0.1) is 19.8 Å². The summed E-state index contributed by atoms with van der Waals surface area (Å²) < 4.78 is 0. The van der Waals surface area contributed by atoms with E-state index < -0.39 is 0 Å². The van der Waals surface area contributed by atoms with Gasteiger partial charge in [-0.25, -0.2) is 0 Å². The number of thiocarbonyl (C=S) groups is 1. The summed E-state index contributed by atoms with van der Waals surface area (Å²) in [7, 11) is 0. The molecule has 5 heteroatoms. The maximum Gasteiger partial charge on any atom is 0.159 e. The van der Waals surface area contributed by atoms with Crippen LogP contribution in [0.15, 0.2) is 0 Å². The Hall–Kier alpha value is -1.23. The normalized spacial score (nSPS) is 12.2. The van der Waals surface area contributed by atoms with Crippen molar-refractivity contribution >= 4 is 23.0 Å². The fourth-order valence-electron chi connectivity index (χ4n) is 1.45. The maximum absolute atomic E-state index is 5.75. The molecule has 1 aromatic rings. The SMILES string of the molecule is CCC(C)CNc1nnc(C)c(C)c1C(N)=S. The van der Waals surface area contributed by atoms with Gasteiger partial charge in [-0.1, -0.05) is 32.5 Å². The van der Waals surface area contributed by atoms with Crippen molar-refractivity contribution in [2.24, 2.45) is 11.7 Å². The van der Waals surface area contributed by atoms with E-state index in [9.17, 15) is 0 Å². The van der Waals surface area contributed by atoms with Crippen molar-refractivity contribution in [1.29, 1.82) is 0 Å². The van der Waals surface area contributed by atoms with E-state index in [1.54, 1.807) is 0 Å². The minimum Gasteiger partial charge on any atom is -0.389 e. The smallest absolute Gasteiger partial charge is 0.159 e. The molecule has 17 heavy (non-hydrogen) atoms. The van der Waals surface area contributed by atoms with Gasteiger partial charge in [0.25, 0.3) is 0 Å². The second-order valence-corrected chi connectivity index (χ2v) is 4.83. The Morgan fingerprint density at radius 2 is 2.06 bits per heavy atom. The predicted molar refractivity (Wildman–Crippen MR) is 75.3 cm³/mol. The third-order valence-corrected chi connectivity index (χ3v) is 3.22. The van der Waals surface area contributed by atoms with E-state index in [2.05, 4.69) is 29.4 Å². The first-order valence-electron chi connectivity index (χ1n) is 5.84. The van der Waals surface area contributed by atoms with Crippen LogP contribution in [0.3, 0.4) is 0 Å². The van der Waals surface area contributed by atoms with Crippen molar-refractivity contribution in [3.8, 4) is 0 Å². The standard InChI is InChI=1S/C12H20N4S/c1-5-7(2)6-14-12-10(11(13)17)8(3)9(4)15-16-12/h7H,5-6H2,1-4H3,(H2,13,17)(H,14,16). The Kier molecular flexibility index (Phi) is 4.81. The average Bonchev–Trinajstić information content (AvgIpc) is 2.29. The van der Waals surface area contributed by atoms with Gasteiger partial charge in [0, 0.05) is 6.54 Å². The van der Waals surface area contributed by atoms with Crippen LogP contribution in [-0.4, -0.2) is 21.7 Å². The molecule has 0 aliphatic heterocycles. The molecule has 94 valence electrons. The fraction of sp³-hybridized carbons (Fsp3) is 0.583. The van der Waals surface area contributed by atoms with Crippen LogP contribution < -0.4 is 11.1 Å². The maximum atomic E-state index is 5.75. The highest BCUT2D eigenvalue weighted by atomic mass is 32.1. The van der Waals surface area contributed by atoms with Crippen molar-refractivity contribution < 1.29 is 0 Å². The first-order valence-corrected chi connectivity index (χ1v) is 6.25. The number of nitrogens with zero attached hydrogens (tertiary/aromatic N) is 2. The predicted octanol–water partition coefficient (Wildman–Crippen LogP) is 2.19. The van der Waals surface area contributed by atoms with Gasteiger partial charge in [-0.15, -0.1) is 5.10 Å². The Balaban J connectivity index is 2.99. The van der Waals surface area contributed by atoms with Crippen molar-refractivity contribution in [2.45, 2.75) is 34.1 Å². The van der Waals surface area contributed by atoms with Crippen LogP contribution in [0.4, 0.5) is 5.82 Å². The van der Waals surface area contributed by atoms with E-state index in [1.807, 2.05) is 13.8 Å². The van der Waals surface area contributed by atoms with Gasteiger partial charge in [-0.05, 0) is 25.3 Å². The lowest BCUT2D eigenvalue weighted by Gasteiger charge is -2.15. The molecule has 0 bridgehead atoms. The molecule has 0 aliphatic carbocycles. The molecule has 0 radical (unpaired) electrons. The number of aryl methyl sites for hydroxylation is 1. The number of nitrogens with two attached hydrogens (primary N) is 1. The van der Waals surface area contributed by atoms with Gasteiger partial charge in [0.2, 0.25) is 0 Å². The molecule has 0 saturated carbocycles. The highest BCUT2D eigenvalue weighted by Crippen LogP contribution is 2.18. The summed E-state index contributed by atoms with van der Waals surface area (Å²) in [6.45, 7) is 9.06. The number of nitrogens with one attached hydrogen (secondary N) is 1. The number of rotatable bonds is 5. The summed E-state index contributed by atoms with van der Waals surface area (Å²) in [5, 5.41) is 11.5. The fourth-order valence-corrected chi connectivity index (χ4v) is 1.70. The Morgan fingerprint density at radius 1 is 1.41 bits per heavy atom. The molecule has 1 rings (SSSR count). The van der Waals surface area contributed by atoms with E-state index in [4.69, 9.17) is 18.0 Å². The summed E-state index contributed by atoms with van der Waals surface area (Å²) in [6.07, 6.45) is 1.12. The van der Waals surface area contributed by atoms with Crippen molar-refractivity contribution in [3.63, 3.8) is 0 Å². The highest BCUT2D eigenvalue weighted by Gasteiger charge is 2.13. The van der Waals surface area contributed by atoms with Gasteiger partial charge in [0.1, 0.15) is 4.99 Å². The van der Waals surface area contributed by atoms with Gasteiger partial charge in [0.15, 0.2) is 5.82 Å². The zero-order valence-corrected chi connectivity index (χ0v) is 11.7. The third-order valence-electron chi connectivity index (χ3n) is 3.02. The molecule has 1 heterocycles. The molecule has 0 amide bonds. The molecular formula is C12H20N4S. The minimum atomic E-state index is 0.368.